The molecule has 3 N–H and O–H groups in total. The minimum Gasteiger partial charge on any atom is -0.368 e. The predicted molar refractivity (Wildman–Crippen MR) is 90.5 cm³/mol. The molecule has 0 heterocycles. The highest BCUT2D eigenvalue weighted by atomic mass is 35.5. The number of anilines is 1. The minimum absolute atomic E-state index is 0.570. The average Bonchev–Trinajstić information content (AvgIpc) is 2.41. The van der Waals surface area contributed by atoms with Gasteiger partial charge in [-0.3, -0.25) is 4.57 Å². The lowest BCUT2D eigenvalue weighted by Crippen LogP contribution is -2.13. The lowest BCUT2D eigenvalue weighted by atomic mass is 10.0. The van der Waals surface area contributed by atoms with Crippen LogP contribution in [-0.2, 0) is 4.57 Å². The van der Waals surface area contributed by atoms with E-state index >= 15 is 0 Å². The highest BCUT2D eigenvalue weighted by Gasteiger charge is 2.31. The summed E-state index contributed by atoms with van der Waals surface area (Å²) >= 11 is 5.84. The Bertz CT molecular complexity index is 725. The van der Waals surface area contributed by atoms with E-state index in [4.69, 9.17) is 11.6 Å². The molecule has 0 radical (unpaired) electrons. The standard InChI is InChI=1S/C16H19ClNO3P/c1-10-8-12(3)15(9-11(10)2)16(22(19,20)21)18-14-6-4-13(17)5-7-14/h4-9,16,18H,1-3H3,(H2,19,20,21)/t16-/m0/s1. The Morgan fingerprint density at radius 3 is 2.09 bits per heavy atom. The Balaban J connectivity index is 2.45. The van der Waals surface area contributed by atoms with Crippen LogP contribution in [0, 0.1) is 20.8 Å². The summed E-state index contributed by atoms with van der Waals surface area (Å²) in [5, 5.41) is 3.50. The van der Waals surface area contributed by atoms with Gasteiger partial charge in [0, 0.05) is 10.7 Å². The maximum absolute atomic E-state index is 12.0. The van der Waals surface area contributed by atoms with Crippen molar-refractivity contribution >= 4 is 24.9 Å². The summed E-state index contributed by atoms with van der Waals surface area (Å²) in [6.07, 6.45) is 0. The average molecular weight is 340 g/mol. The molecule has 0 unspecified atom stereocenters. The number of benzene rings is 2. The van der Waals surface area contributed by atoms with Crippen LogP contribution in [0.1, 0.15) is 28.0 Å². The molecule has 0 bridgehead atoms. The van der Waals surface area contributed by atoms with Crippen LogP contribution >= 0.6 is 19.2 Å². The van der Waals surface area contributed by atoms with Crippen molar-refractivity contribution in [2.75, 3.05) is 5.32 Å². The van der Waals surface area contributed by atoms with Crippen molar-refractivity contribution in [1.29, 1.82) is 0 Å². The molecule has 2 rings (SSSR count). The predicted octanol–water partition coefficient (Wildman–Crippen LogP) is 4.55. The molecule has 0 aliphatic rings. The molecule has 118 valence electrons. The molecule has 0 aromatic heterocycles. The topological polar surface area (TPSA) is 69.6 Å². The lowest BCUT2D eigenvalue weighted by Gasteiger charge is -2.24. The summed E-state index contributed by atoms with van der Waals surface area (Å²) < 4.78 is 12.0. The fourth-order valence-electron chi connectivity index (χ4n) is 2.32. The van der Waals surface area contributed by atoms with Gasteiger partial charge < -0.3 is 15.1 Å². The van der Waals surface area contributed by atoms with Gasteiger partial charge in [-0.1, -0.05) is 23.7 Å². The van der Waals surface area contributed by atoms with E-state index in [9.17, 15) is 14.4 Å². The van der Waals surface area contributed by atoms with Gasteiger partial charge in [0.15, 0.2) is 5.78 Å². The zero-order valence-electron chi connectivity index (χ0n) is 12.7. The molecule has 2 aromatic rings. The number of nitrogens with one attached hydrogen (secondary N) is 1. The molecule has 0 fully saturated rings. The molecular formula is C16H19ClNO3P. The summed E-state index contributed by atoms with van der Waals surface area (Å²) in [5.74, 6) is -1.09. The van der Waals surface area contributed by atoms with Gasteiger partial charge in [0.05, 0.1) is 0 Å². The van der Waals surface area contributed by atoms with Gasteiger partial charge in [-0.2, -0.15) is 0 Å². The SMILES string of the molecule is Cc1cc(C)c([C@@H](Nc2ccc(Cl)cc2)P(=O)(O)O)cc1C. The number of hydrogen-bond acceptors (Lipinski definition) is 2. The Morgan fingerprint density at radius 1 is 1.00 bits per heavy atom. The number of halogens is 1. The second kappa shape index (κ2) is 6.43. The van der Waals surface area contributed by atoms with Gasteiger partial charge in [0.1, 0.15) is 0 Å². The summed E-state index contributed by atoms with van der Waals surface area (Å²) in [5.41, 5.74) is 4.15. The summed E-state index contributed by atoms with van der Waals surface area (Å²) in [6.45, 7) is 5.76. The van der Waals surface area contributed by atoms with E-state index in [1.807, 2.05) is 32.9 Å². The first-order valence-electron chi connectivity index (χ1n) is 6.83. The third-order valence-electron chi connectivity index (χ3n) is 3.66. The zero-order chi connectivity index (χ0) is 16.5. The molecule has 1 atom stereocenters. The highest BCUT2D eigenvalue weighted by Crippen LogP contribution is 2.52. The first-order chi connectivity index (χ1) is 10.2. The summed E-state index contributed by atoms with van der Waals surface area (Å²) in [7, 11) is -4.38. The van der Waals surface area contributed by atoms with E-state index in [1.54, 1.807) is 24.3 Å². The molecule has 4 nitrogen and oxygen atoms in total. The molecule has 0 spiro atoms. The van der Waals surface area contributed by atoms with Crippen LogP contribution in [0.4, 0.5) is 5.69 Å². The Kier molecular flexibility index (Phi) is 4.98. The van der Waals surface area contributed by atoms with Crippen LogP contribution in [0.5, 0.6) is 0 Å². The minimum atomic E-state index is -4.38. The van der Waals surface area contributed by atoms with Gasteiger partial charge in [0.2, 0.25) is 0 Å². The van der Waals surface area contributed by atoms with Crippen molar-refractivity contribution < 1.29 is 14.4 Å². The second-order valence-electron chi connectivity index (χ2n) is 5.44. The quantitative estimate of drug-likeness (QED) is 0.714. The van der Waals surface area contributed by atoms with E-state index in [-0.39, 0.29) is 0 Å². The van der Waals surface area contributed by atoms with Crippen LogP contribution in [0.3, 0.4) is 0 Å². The number of rotatable bonds is 4. The van der Waals surface area contributed by atoms with Crippen molar-refractivity contribution in [2.45, 2.75) is 26.6 Å². The van der Waals surface area contributed by atoms with Crippen molar-refractivity contribution in [3.05, 3.63) is 63.7 Å². The van der Waals surface area contributed by atoms with Crippen molar-refractivity contribution in [3.63, 3.8) is 0 Å². The van der Waals surface area contributed by atoms with Crippen molar-refractivity contribution in [2.24, 2.45) is 0 Å². The lowest BCUT2D eigenvalue weighted by molar-refractivity contribution is 0.363. The Labute approximate surface area is 135 Å². The summed E-state index contributed by atoms with van der Waals surface area (Å²) in [6, 6.07) is 10.5. The van der Waals surface area contributed by atoms with Gasteiger partial charge >= 0.3 is 7.60 Å². The molecule has 2 aromatic carbocycles. The van der Waals surface area contributed by atoms with E-state index in [2.05, 4.69) is 5.32 Å². The Hall–Kier alpha value is -1.32. The van der Waals surface area contributed by atoms with Gasteiger partial charge in [-0.15, -0.1) is 0 Å². The fraction of sp³-hybridized carbons (Fsp3) is 0.250. The maximum atomic E-state index is 12.0. The third kappa shape index (κ3) is 3.90. The zero-order valence-corrected chi connectivity index (χ0v) is 14.3. The normalized spacial score (nSPS) is 13.0. The maximum Gasteiger partial charge on any atom is 0.352 e. The molecule has 0 saturated carbocycles. The molecule has 6 heteroatoms. The van der Waals surface area contributed by atoms with E-state index in [1.165, 1.54) is 0 Å². The molecule has 0 aliphatic carbocycles. The Morgan fingerprint density at radius 2 is 1.55 bits per heavy atom. The van der Waals surface area contributed by atoms with Crippen molar-refractivity contribution in [3.8, 4) is 0 Å². The fourth-order valence-corrected chi connectivity index (χ4v) is 3.41. The number of hydrogen-bond donors (Lipinski definition) is 3. The van der Waals surface area contributed by atoms with Gasteiger partial charge in [0.25, 0.3) is 0 Å². The van der Waals surface area contributed by atoms with Crippen LogP contribution < -0.4 is 5.32 Å². The van der Waals surface area contributed by atoms with Crippen LogP contribution in [0.25, 0.3) is 0 Å². The molecular weight excluding hydrogens is 321 g/mol. The first-order valence-corrected chi connectivity index (χ1v) is 8.89. The van der Waals surface area contributed by atoms with Gasteiger partial charge in [-0.25, -0.2) is 0 Å². The monoisotopic (exact) mass is 339 g/mol. The first kappa shape index (κ1) is 17.0. The van der Waals surface area contributed by atoms with Crippen LogP contribution in [0.2, 0.25) is 5.02 Å². The van der Waals surface area contributed by atoms with Crippen LogP contribution in [-0.4, -0.2) is 9.79 Å². The smallest absolute Gasteiger partial charge is 0.352 e. The van der Waals surface area contributed by atoms with Gasteiger partial charge in [-0.05, 0) is 67.3 Å². The van der Waals surface area contributed by atoms with E-state index in [0.29, 0.717) is 16.3 Å². The molecule has 0 amide bonds. The number of aryl methyl sites for hydroxylation is 3. The highest BCUT2D eigenvalue weighted by molar-refractivity contribution is 7.52. The largest absolute Gasteiger partial charge is 0.368 e. The molecule has 0 saturated heterocycles. The van der Waals surface area contributed by atoms with Crippen molar-refractivity contribution in [1.82, 2.24) is 0 Å². The second-order valence-corrected chi connectivity index (χ2v) is 7.57. The third-order valence-corrected chi connectivity index (χ3v) is 4.99. The van der Waals surface area contributed by atoms with E-state index in [0.717, 1.165) is 16.7 Å². The molecule has 0 aliphatic heterocycles. The van der Waals surface area contributed by atoms with Crippen LogP contribution in [0.15, 0.2) is 36.4 Å². The van der Waals surface area contributed by atoms with E-state index < -0.39 is 13.4 Å². The summed E-state index contributed by atoms with van der Waals surface area (Å²) in [4.78, 5) is 19.5. The molecule has 22 heavy (non-hydrogen) atoms.